The number of nitrogens with zero attached hydrogens (tertiary/aromatic N) is 2. The van der Waals surface area contributed by atoms with Crippen molar-refractivity contribution in [1.29, 1.82) is 0 Å². The fourth-order valence-electron chi connectivity index (χ4n) is 3.30. The smallest absolute Gasteiger partial charge is 0.272 e. The van der Waals surface area contributed by atoms with Gasteiger partial charge < -0.3 is 10.2 Å². The van der Waals surface area contributed by atoms with Gasteiger partial charge in [-0.1, -0.05) is 18.2 Å². The van der Waals surface area contributed by atoms with Crippen LogP contribution in [0.2, 0.25) is 0 Å². The van der Waals surface area contributed by atoms with Crippen LogP contribution in [0.25, 0.3) is 10.9 Å². The van der Waals surface area contributed by atoms with E-state index in [0.29, 0.717) is 24.9 Å². The molecule has 2 amide bonds. The number of pyridine rings is 1. The second-order valence-corrected chi connectivity index (χ2v) is 5.86. The van der Waals surface area contributed by atoms with Gasteiger partial charge in [-0.3, -0.25) is 9.59 Å². The number of hydrogen-bond acceptors (Lipinski definition) is 3. The number of carbonyl (C=O) groups excluding carboxylic acids is 2. The van der Waals surface area contributed by atoms with Crippen LogP contribution in [0, 0.1) is 11.7 Å². The van der Waals surface area contributed by atoms with Gasteiger partial charge in [-0.25, -0.2) is 9.37 Å². The molecular weight excluding hydrogens is 285 g/mol. The number of hydrogen-bond donors (Lipinski definition) is 1. The summed E-state index contributed by atoms with van der Waals surface area (Å²) in [7, 11) is 0. The maximum absolute atomic E-state index is 13.8. The number of benzene rings is 1. The molecule has 0 radical (unpaired) electrons. The maximum Gasteiger partial charge on any atom is 0.272 e. The van der Waals surface area contributed by atoms with Crippen molar-refractivity contribution in [2.75, 3.05) is 13.1 Å². The molecule has 0 unspecified atom stereocenters. The van der Waals surface area contributed by atoms with Crippen molar-refractivity contribution < 1.29 is 14.0 Å². The van der Waals surface area contributed by atoms with E-state index in [1.54, 1.807) is 29.2 Å². The van der Waals surface area contributed by atoms with Crippen LogP contribution in [0.15, 0.2) is 30.3 Å². The predicted octanol–water partition coefficient (Wildman–Crippen LogP) is 1.33. The summed E-state index contributed by atoms with van der Waals surface area (Å²) in [5.41, 5.74) is 0.449. The van der Waals surface area contributed by atoms with E-state index < -0.39 is 5.82 Å². The van der Waals surface area contributed by atoms with Crippen LogP contribution >= 0.6 is 0 Å². The highest BCUT2D eigenvalue weighted by molar-refractivity contribution is 5.95. The summed E-state index contributed by atoms with van der Waals surface area (Å²) in [5, 5.41) is 3.55. The van der Waals surface area contributed by atoms with Crippen molar-refractivity contribution in [3.63, 3.8) is 0 Å². The first kappa shape index (κ1) is 13.2. The number of aromatic nitrogens is 1. The minimum Gasteiger partial charge on any atom is -0.351 e. The molecule has 1 N–H and O–H groups in total. The van der Waals surface area contributed by atoms with Gasteiger partial charge in [0.25, 0.3) is 5.91 Å². The summed E-state index contributed by atoms with van der Waals surface area (Å²) in [6.07, 6.45) is 0.466. The van der Waals surface area contributed by atoms with E-state index in [0.717, 1.165) is 0 Å². The molecule has 2 aromatic rings. The topological polar surface area (TPSA) is 62.3 Å². The maximum atomic E-state index is 13.8. The molecule has 2 atom stereocenters. The SMILES string of the molecule is O=C1C[C@H]2CN(C(=O)c3ccc4cccc(F)c4n3)C[C@H]2N1. The van der Waals surface area contributed by atoms with E-state index in [9.17, 15) is 14.0 Å². The second-order valence-electron chi connectivity index (χ2n) is 5.86. The van der Waals surface area contributed by atoms with E-state index in [4.69, 9.17) is 0 Å². The molecular formula is C16H14FN3O2. The number of rotatable bonds is 1. The summed E-state index contributed by atoms with van der Waals surface area (Å²) in [5.74, 6) is -0.423. The third-order valence-electron chi connectivity index (χ3n) is 4.41. The Kier molecular flexibility index (Phi) is 2.85. The first-order valence-electron chi connectivity index (χ1n) is 7.26. The number of likely N-dealkylation sites (tertiary alicyclic amines) is 1. The van der Waals surface area contributed by atoms with Gasteiger partial charge in [0.15, 0.2) is 0 Å². The normalized spacial score (nSPS) is 23.7. The van der Waals surface area contributed by atoms with E-state index in [-0.39, 0.29) is 35.0 Å². The molecule has 1 aromatic heterocycles. The summed E-state index contributed by atoms with van der Waals surface area (Å²) < 4.78 is 13.8. The zero-order valence-electron chi connectivity index (χ0n) is 11.8. The van der Waals surface area contributed by atoms with Crippen molar-refractivity contribution in [1.82, 2.24) is 15.2 Å². The van der Waals surface area contributed by atoms with E-state index >= 15 is 0 Å². The minimum atomic E-state index is -0.433. The number of halogens is 1. The molecule has 22 heavy (non-hydrogen) atoms. The molecule has 0 bridgehead atoms. The van der Waals surface area contributed by atoms with E-state index in [2.05, 4.69) is 10.3 Å². The molecule has 0 spiro atoms. The Bertz CT molecular complexity index is 776. The molecule has 2 fully saturated rings. The summed E-state index contributed by atoms with van der Waals surface area (Å²) >= 11 is 0. The van der Waals surface area contributed by atoms with E-state index in [1.165, 1.54) is 6.07 Å². The standard InChI is InChI=1S/C16H14FN3O2/c17-11-3-1-2-9-4-5-12(19-15(9)11)16(22)20-7-10-6-14(21)18-13(10)8-20/h1-5,10,13H,6-8H2,(H,18,21)/t10-,13+/m0/s1. The Balaban J connectivity index is 1.61. The number of carbonyl (C=O) groups is 2. The van der Waals surface area contributed by atoms with Crippen LogP contribution in [0.5, 0.6) is 0 Å². The number of nitrogens with one attached hydrogen (secondary N) is 1. The summed E-state index contributed by atoms with van der Waals surface area (Å²) in [4.78, 5) is 29.7. The molecule has 6 heteroatoms. The first-order valence-corrected chi connectivity index (χ1v) is 7.26. The van der Waals surface area contributed by atoms with Crippen LogP contribution in [0.1, 0.15) is 16.9 Å². The van der Waals surface area contributed by atoms with Crippen LogP contribution in [-0.4, -0.2) is 40.8 Å². The monoisotopic (exact) mass is 299 g/mol. The zero-order chi connectivity index (χ0) is 15.3. The van der Waals surface area contributed by atoms with Gasteiger partial charge in [0.1, 0.15) is 17.0 Å². The molecule has 4 rings (SSSR count). The molecule has 2 aliphatic rings. The Hall–Kier alpha value is -2.50. The molecule has 0 aliphatic carbocycles. The molecule has 0 saturated carbocycles. The largest absolute Gasteiger partial charge is 0.351 e. The summed E-state index contributed by atoms with van der Waals surface area (Å²) in [6.45, 7) is 1.03. The lowest BCUT2D eigenvalue weighted by molar-refractivity contribution is -0.119. The number of para-hydroxylation sites is 1. The predicted molar refractivity (Wildman–Crippen MR) is 77.6 cm³/mol. The third kappa shape index (κ3) is 2.03. The third-order valence-corrected chi connectivity index (χ3v) is 4.41. The first-order chi connectivity index (χ1) is 10.6. The molecule has 5 nitrogen and oxygen atoms in total. The molecule has 2 aliphatic heterocycles. The lowest BCUT2D eigenvalue weighted by Crippen LogP contribution is -2.35. The Labute approximate surface area is 126 Å². The second kappa shape index (κ2) is 4.76. The van der Waals surface area contributed by atoms with Gasteiger partial charge in [0.2, 0.25) is 5.91 Å². The fraction of sp³-hybridized carbons (Fsp3) is 0.312. The van der Waals surface area contributed by atoms with E-state index in [1.807, 2.05) is 0 Å². The lowest BCUT2D eigenvalue weighted by atomic mass is 10.1. The van der Waals surface area contributed by atoms with Crippen LogP contribution < -0.4 is 5.32 Å². The Morgan fingerprint density at radius 3 is 2.95 bits per heavy atom. The van der Waals surface area contributed by atoms with Gasteiger partial charge in [-0.15, -0.1) is 0 Å². The van der Waals surface area contributed by atoms with Crippen molar-refractivity contribution in [2.24, 2.45) is 5.92 Å². The van der Waals surface area contributed by atoms with Crippen LogP contribution in [0.3, 0.4) is 0 Å². The molecule has 2 saturated heterocycles. The minimum absolute atomic E-state index is 0.0358. The lowest BCUT2D eigenvalue weighted by Gasteiger charge is -2.17. The molecule has 112 valence electrons. The quantitative estimate of drug-likeness (QED) is 0.864. The average molecular weight is 299 g/mol. The van der Waals surface area contributed by atoms with Crippen LogP contribution in [-0.2, 0) is 4.79 Å². The zero-order valence-corrected chi connectivity index (χ0v) is 11.8. The average Bonchev–Trinajstić information content (AvgIpc) is 3.04. The molecule has 3 heterocycles. The van der Waals surface area contributed by atoms with Gasteiger partial charge in [-0.2, -0.15) is 0 Å². The van der Waals surface area contributed by atoms with Crippen molar-refractivity contribution >= 4 is 22.7 Å². The highest BCUT2D eigenvalue weighted by atomic mass is 19.1. The van der Waals surface area contributed by atoms with Crippen LogP contribution in [0.4, 0.5) is 4.39 Å². The Morgan fingerprint density at radius 2 is 2.14 bits per heavy atom. The van der Waals surface area contributed by atoms with Crippen molar-refractivity contribution in [3.05, 3.63) is 41.8 Å². The van der Waals surface area contributed by atoms with Gasteiger partial charge in [-0.05, 0) is 12.1 Å². The number of fused-ring (bicyclic) bond motifs is 2. The van der Waals surface area contributed by atoms with Crippen molar-refractivity contribution in [2.45, 2.75) is 12.5 Å². The highest BCUT2D eigenvalue weighted by Crippen LogP contribution is 2.26. The van der Waals surface area contributed by atoms with Gasteiger partial charge >= 0.3 is 0 Å². The van der Waals surface area contributed by atoms with Gasteiger partial charge in [0.05, 0.1) is 6.04 Å². The summed E-state index contributed by atoms with van der Waals surface area (Å²) in [6, 6.07) is 8.07. The Morgan fingerprint density at radius 1 is 1.27 bits per heavy atom. The highest BCUT2D eigenvalue weighted by Gasteiger charge is 2.41. The van der Waals surface area contributed by atoms with Crippen molar-refractivity contribution in [3.8, 4) is 0 Å². The number of amides is 2. The van der Waals surface area contributed by atoms with Gasteiger partial charge in [0, 0.05) is 30.8 Å². The fourth-order valence-corrected chi connectivity index (χ4v) is 3.30. The molecule has 1 aromatic carbocycles.